The minimum atomic E-state index is -4.37. The van der Waals surface area contributed by atoms with Crippen molar-refractivity contribution in [3.8, 4) is 0 Å². The largest absolute Gasteiger partial charge is 0.416 e. The van der Waals surface area contributed by atoms with Crippen molar-refractivity contribution in [1.82, 2.24) is 4.90 Å². The van der Waals surface area contributed by atoms with Crippen molar-refractivity contribution >= 4 is 34.3 Å². The molecule has 2 amide bonds. The van der Waals surface area contributed by atoms with Gasteiger partial charge in [0.1, 0.15) is 5.37 Å². The Morgan fingerprint density at radius 3 is 2.46 bits per heavy atom. The van der Waals surface area contributed by atoms with Crippen LogP contribution in [0.2, 0.25) is 0 Å². The molecule has 0 radical (unpaired) electrons. The first-order chi connectivity index (χ1) is 13.4. The number of rotatable bonds is 2. The SMILES string of the molecule is O=C(Nc1cccc2ccccc12)N1CCS[C@@H]1c1ccc(C(F)(F)F)cc1. The average Bonchev–Trinajstić information content (AvgIpc) is 3.18. The Labute approximate surface area is 164 Å². The fraction of sp³-hybridized carbons (Fsp3) is 0.190. The lowest BCUT2D eigenvalue weighted by molar-refractivity contribution is -0.137. The maximum atomic E-state index is 12.9. The van der Waals surface area contributed by atoms with E-state index >= 15 is 0 Å². The zero-order valence-electron chi connectivity index (χ0n) is 14.7. The quantitative estimate of drug-likeness (QED) is 0.559. The van der Waals surface area contributed by atoms with Crippen LogP contribution in [0.15, 0.2) is 66.7 Å². The maximum Gasteiger partial charge on any atom is 0.416 e. The third-order valence-electron chi connectivity index (χ3n) is 4.71. The second-order valence-electron chi connectivity index (χ2n) is 6.49. The molecule has 0 bridgehead atoms. The summed E-state index contributed by atoms with van der Waals surface area (Å²) in [5.74, 6) is 0.731. The van der Waals surface area contributed by atoms with E-state index in [2.05, 4.69) is 5.32 Å². The Kier molecular flexibility index (Phi) is 4.93. The molecule has 4 rings (SSSR count). The molecule has 0 aliphatic carbocycles. The molecule has 1 atom stereocenters. The average molecular weight is 402 g/mol. The Morgan fingerprint density at radius 1 is 1.00 bits per heavy atom. The summed E-state index contributed by atoms with van der Waals surface area (Å²) in [4.78, 5) is 14.6. The highest BCUT2D eigenvalue weighted by Gasteiger charge is 2.33. The number of hydrogen-bond donors (Lipinski definition) is 1. The lowest BCUT2D eigenvalue weighted by atomic mass is 10.1. The molecule has 1 N–H and O–H groups in total. The Hall–Kier alpha value is -2.67. The Balaban J connectivity index is 1.55. The Bertz CT molecular complexity index is 999. The topological polar surface area (TPSA) is 32.3 Å². The summed E-state index contributed by atoms with van der Waals surface area (Å²) in [5, 5.41) is 4.61. The number of hydrogen-bond acceptors (Lipinski definition) is 2. The smallest absolute Gasteiger partial charge is 0.308 e. The predicted octanol–water partition coefficient (Wildman–Crippen LogP) is 6.14. The summed E-state index contributed by atoms with van der Waals surface area (Å²) in [5.41, 5.74) is 0.709. The van der Waals surface area contributed by atoms with Gasteiger partial charge in [-0.05, 0) is 29.1 Å². The van der Waals surface area contributed by atoms with E-state index in [9.17, 15) is 18.0 Å². The first-order valence-corrected chi connectivity index (χ1v) is 9.82. The molecule has 3 aromatic rings. The number of halogens is 3. The third-order valence-corrected chi connectivity index (χ3v) is 5.97. The number of urea groups is 1. The van der Waals surface area contributed by atoms with Gasteiger partial charge in [0.2, 0.25) is 0 Å². The van der Waals surface area contributed by atoms with E-state index in [-0.39, 0.29) is 11.4 Å². The highest BCUT2D eigenvalue weighted by atomic mass is 32.2. The number of nitrogens with zero attached hydrogens (tertiary/aromatic N) is 1. The van der Waals surface area contributed by atoms with Gasteiger partial charge in [0, 0.05) is 17.7 Å². The van der Waals surface area contributed by atoms with Gasteiger partial charge in [0.05, 0.1) is 11.3 Å². The van der Waals surface area contributed by atoms with Crippen LogP contribution in [-0.4, -0.2) is 23.2 Å². The monoisotopic (exact) mass is 402 g/mol. The molecule has 0 unspecified atom stereocenters. The predicted molar refractivity (Wildman–Crippen MR) is 106 cm³/mol. The van der Waals surface area contributed by atoms with Crippen molar-refractivity contribution < 1.29 is 18.0 Å². The van der Waals surface area contributed by atoms with Crippen LogP contribution in [0.5, 0.6) is 0 Å². The Morgan fingerprint density at radius 2 is 1.71 bits per heavy atom. The molecule has 0 saturated carbocycles. The number of benzene rings is 3. The van der Waals surface area contributed by atoms with Crippen LogP contribution in [-0.2, 0) is 6.18 Å². The molecule has 3 nitrogen and oxygen atoms in total. The molecule has 0 spiro atoms. The number of nitrogens with one attached hydrogen (secondary N) is 1. The molecule has 1 saturated heterocycles. The molecule has 1 aliphatic heterocycles. The van der Waals surface area contributed by atoms with Crippen LogP contribution in [0.25, 0.3) is 10.8 Å². The number of carbonyl (C=O) groups excluding carboxylic acids is 1. The van der Waals surface area contributed by atoms with Crippen molar-refractivity contribution in [2.75, 3.05) is 17.6 Å². The van der Waals surface area contributed by atoms with Crippen molar-refractivity contribution in [2.45, 2.75) is 11.6 Å². The first kappa shape index (κ1) is 18.7. The summed E-state index contributed by atoms with van der Waals surface area (Å²) in [7, 11) is 0. The van der Waals surface area contributed by atoms with E-state index in [0.717, 1.165) is 28.7 Å². The molecular weight excluding hydrogens is 385 g/mol. The minimum absolute atomic E-state index is 0.258. The van der Waals surface area contributed by atoms with Gasteiger partial charge in [0.15, 0.2) is 0 Å². The molecule has 7 heteroatoms. The number of alkyl halides is 3. The number of amides is 2. The van der Waals surface area contributed by atoms with Gasteiger partial charge in [-0.1, -0.05) is 48.5 Å². The van der Waals surface area contributed by atoms with Gasteiger partial charge in [0.25, 0.3) is 0 Å². The van der Waals surface area contributed by atoms with Gasteiger partial charge < -0.3 is 10.2 Å². The third kappa shape index (κ3) is 3.67. The van der Waals surface area contributed by atoms with E-state index in [0.29, 0.717) is 17.8 Å². The van der Waals surface area contributed by atoms with Crippen molar-refractivity contribution in [3.05, 3.63) is 77.9 Å². The fourth-order valence-electron chi connectivity index (χ4n) is 3.31. The molecule has 3 aromatic carbocycles. The van der Waals surface area contributed by atoms with E-state index in [4.69, 9.17) is 0 Å². The van der Waals surface area contributed by atoms with E-state index in [1.54, 1.807) is 16.7 Å². The summed E-state index contributed by atoms with van der Waals surface area (Å²) < 4.78 is 38.4. The van der Waals surface area contributed by atoms with Gasteiger partial charge in [-0.2, -0.15) is 13.2 Å². The van der Waals surface area contributed by atoms with Crippen molar-refractivity contribution in [2.24, 2.45) is 0 Å². The van der Waals surface area contributed by atoms with E-state index in [1.807, 2.05) is 42.5 Å². The maximum absolute atomic E-state index is 12.9. The molecule has 1 aliphatic rings. The van der Waals surface area contributed by atoms with Crippen molar-refractivity contribution in [1.29, 1.82) is 0 Å². The van der Waals surface area contributed by atoms with E-state index in [1.165, 1.54) is 12.1 Å². The molecule has 0 aromatic heterocycles. The number of fused-ring (bicyclic) bond motifs is 1. The lowest BCUT2D eigenvalue weighted by Crippen LogP contribution is -2.34. The van der Waals surface area contributed by atoms with Crippen LogP contribution in [0.4, 0.5) is 23.7 Å². The van der Waals surface area contributed by atoms with Crippen LogP contribution < -0.4 is 5.32 Å². The fourth-order valence-corrected chi connectivity index (χ4v) is 4.57. The normalized spacial score (nSPS) is 17.1. The van der Waals surface area contributed by atoms with Crippen LogP contribution in [0.3, 0.4) is 0 Å². The second kappa shape index (κ2) is 7.39. The zero-order valence-corrected chi connectivity index (χ0v) is 15.6. The first-order valence-electron chi connectivity index (χ1n) is 8.77. The van der Waals surface area contributed by atoms with Gasteiger partial charge in [-0.15, -0.1) is 11.8 Å². The van der Waals surface area contributed by atoms with Crippen molar-refractivity contribution in [3.63, 3.8) is 0 Å². The molecule has 1 heterocycles. The summed E-state index contributed by atoms with van der Waals surface area (Å²) in [6.45, 7) is 0.535. The van der Waals surface area contributed by atoms with Gasteiger partial charge >= 0.3 is 12.2 Å². The minimum Gasteiger partial charge on any atom is -0.308 e. The van der Waals surface area contributed by atoms with E-state index < -0.39 is 11.7 Å². The van der Waals surface area contributed by atoms with Crippen LogP contribution in [0, 0.1) is 0 Å². The molecule has 144 valence electrons. The number of anilines is 1. The summed E-state index contributed by atoms with van der Waals surface area (Å²) in [6, 6.07) is 18.2. The summed E-state index contributed by atoms with van der Waals surface area (Å²) in [6.07, 6.45) is -4.37. The van der Waals surface area contributed by atoms with Crippen LogP contribution >= 0.6 is 11.8 Å². The summed E-state index contributed by atoms with van der Waals surface area (Å²) >= 11 is 1.54. The second-order valence-corrected chi connectivity index (χ2v) is 7.68. The highest BCUT2D eigenvalue weighted by Crippen LogP contribution is 2.39. The molecule has 1 fully saturated rings. The van der Waals surface area contributed by atoms with Crippen LogP contribution in [0.1, 0.15) is 16.5 Å². The highest BCUT2D eigenvalue weighted by molar-refractivity contribution is 7.99. The van der Waals surface area contributed by atoms with Gasteiger partial charge in [-0.3, -0.25) is 0 Å². The molecular formula is C21H17F3N2OS. The lowest BCUT2D eigenvalue weighted by Gasteiger charge is -2.25. The molecule has 28 heavy (non-hydrogen) atoms. The zero-order chi connectivity index (χ0) is 19.7. The van der Waals surface area contributed by atoms with Gasteiger partial charge in [-0.25, -0.2) is 4.79 Å². The standard InChI is InChI=1S/C21H17F3N2OS/c22-21(23,24)16-10-8-15(9-11-16)19-26(12-13-28-19)20(27)25-18-7-3-5-14-4-1-2-6-17(14)18/h1-11,19H,12-13H2,(H,25,27)/t19-/m1/s1. The number of carbonyl (C=O) groups is 1. The number of thioether (sulfide) groups is 1.